The Morgan fingerprint density at radius 1 is 1.17 bits per heavy atom. The summed E-state index contributed by atoms with van der Waals surface area (Å²) in [5, 5.41) is 5.74. The van der Waals surface area contributed by atoms with Gasteiger partial charge in [0.1, 0.15) is 5.75 Å². The van der Waals surface area contributed by atoms with Crippen molar-refractivity contribution in [1.29, 1.82) is 0 Å². The molecule has 0 fully saturated rings. The lowest BCUT2D eigenvalue weighted by atomic mass is 10.0. The summed E-state index contributed by atoms with van der Waals surface area (Å²) in [4.78, 5) is 14.4. The lowest BCUT2D eigenvalue weighted by molar-refractivity contribution is 0.252. The van der Waals surface area contributed by atoms with Gasteiger partial charge in [0.05, 0.1) is 12.8 Å². The highest BCUT2D eigenvalue weighted by atomic mass is 16.5. The van der Waals surface area contributed by atoms with Crippen molar-refractivity contribution >= 4 is 17.4 Å². The Bertz CT molecular complexity index is 703. The second-order valence-corrected chi connectivity index (χ2v) is 5.80. The number of benzene rings is 2. The van der Waals surface area contributed by atoms with Crippen LogP contribution in [0.5, 0.6) is 5.75 Å². The second kappa shape index (κ2) is 7.73. The number of fused-ring (bicyclic) bond motifs is 1. The number of nitrogens with one attached hydrogen (secondary N) is 2. The zero-order chi connectivity index (χ0) is 16.8. The molecule has 5 heteroatoms. The van der Waals surface area contributed by atoms with Crippen LogP contribution in [0, 0.1) is 0 Å². The third-order valence-electron chi connectivity index (χ3n) is 4.23. The van der Waals surface area contributed by atoms with Crippen LogP contribution in [0.1, 0.15) is 12.0 Å². The summed E-state index contributed by atoms with van der Waals surface area (Å²) in [6.45, 7) is 2.43. The fraction of sp³-hybridized carbons (Fsp3) is 0.316. The van der Waals surface area contributed by atoms with Crippen molar-refractivity contribution in [3.8, 4) is 5.75 Å². The lowest BCUT2D eigenvalue weighted by Gasteiger charge is -2.31. The van der Waals surface area contributed by atoms with E-state index >= 15 is 0 Å². The lowest BCUT2D eigenvalue weighted by Crippen LogP contribution is -2.39. The van der Waals surface area contributed by atoms with Crippen molar-refractivity contribution in [2.45, 2.75) is 12.8 Å². The molecule has 1 heterocycles. The Labute approximate surface area is 142 Å². The summed E-state index contributed by atoms with van der Waals surface area (Å²) in [6.07, 6.45) is 2.29. The van der Waals surface area contributed by atoms with E-state index in [1.807, 2.05) is 24.3 Å². The molecular formula is C19H23N3O2. The molecular weight excluding hydrogens is 302 g/mol. The molecule has 0 spiro atoms. The fourth-order valence-electron chi connectivity index (χ4n) is 3.06. The summed E-state index contributed by atoms with van der Waals surface area (Å²) in [5.41, 5.74) is 3.35. The number of amides is 2. The maximum absolute atomic E-state index is 12.1. The summed E-state index contributed by atoms with van der Waals surface area (Å²) < 4.78 is 5.23. The number of hydrogen-bond acceptors (Lipinski definition) is 3. The highest BCUT2D eigenvalue weighted by Crippen LogP contribution is 2.26. The smallest absolute Gasteiger partial charge is 0.319 e. The van der Waals surface area contributed by atoms with E-state index in [-0.39, 0.29) is 6.03 Å². The van der Waals surface area contributed by atoms with Crippen LogP contribution in [0.2, 0.25) is 0 Å². The molecule has 24 heavy (non-hydrogen) atoms. The Morgan fingerprint density at radius 3 is 2.83 bits per heavy atom. The highest BCUT2D eigenvalue weighted by molar-refractivity contribution is 5.90. The molecule has 5 nitrogen and oxygen atoms in total. The molecule has 0 aromatic heterocycles. The van der Waals surface area contributed by atoms with Gasteiger partial charge in [-0.15, -0.1) is 0 Å². The third kappa shape index (κ3) is 3.79. The van der Waals surface area contributed by atoms with Gasteiger partial charge >= 0.3 is 6.03 Å². The van der Waals surface area contributed by atoms with Gasteiger partial charge in [-0.3, -0.25) is 0 Å². The van der Waals surface area contributed by atoms with E-state index in [2.05, 4.69) is 39.8 Å². The van der Waals surface area contributed by atoms with Gasteiger partial charge in [-0.25, -0.2) is 4.79 Å². The molecule has 0 saturated heterocycles. The fourth-order valence-corrected chi connectivity index (χ4v) is 3.06. The van der Waals surface area contributed by atoms with Crippen molar-refractivity contribution in [3.05, 3.63) is 54.1 Å². The second-order valence-electron chi connectivity index (χ2n) is 5.80. The molecule has 3 rings (SSSR count). The standard InChI is InChI=1S/C19H23N3O2/c1-24-18-11-5-3-9-16(18)21-19(23)20-12-14-22-13-6-8-15-7-2-4-10-17(15)22/h2-5,7,9-11H,6,8,12-14H2,1H3,(H2,20,21,23). The van der Waals surface area contributed by atoms with Gasteiger partial charge < -0.3 is 20.3 Å². The maximum Gasteiger partial charge on any atom is 0.319 e. The van der Waals surface area contributed by atoms with E-state index in [9.17, 15) is 4.79 Å². The summed E-state index contributed by atoms with van der Waals surface area (Å²) >= 11 is 0. The normalized spacial score (nSPS) is 13.1. The topological polar surface area (TPSA) is 53.6 Å². The first-order valence-corrected chi connectivity index (χ1v) is 8.28. The zero-order valence-corrected chi connectivity index (χ0v) is 13.9. The zero-order valence-electron chi connectivity index (χ0n) is 13.9. The number of rotatable bonds is 5. The highest BCUT2D eigenvalue weighted by Gasteiger charge is 2.15. The number of carbonyl (C=O) groups excluding carboxylic acids is 1. The maximum atomic E-state index is 12.1. The minimum atomic E-state index is -0.218. The predicted molar refractivity (Wildman–Crippen MR) is 97.0 cm³/mol. The SMILES string of the molecule is COc1ccccc1NC(=O)NCCN1CCCc2ccccc21. The van der Waals surface area contributed by atoms with Crippen LogP contribution in [0.3, 0.4) is 0 Å². The van der Waals surface area contributed by atoms with E-state index in [1.54, 1.807) is 7.11 Å². The Kier molecular flexibility index (Phi) is 5.21. The van der Waals surface area contributed by atoms with Gasteiger partial charge in [0, 0.05) is 25.3 Å². The van der Waals surface area contributed by atoms with Crippen molar-refractivity contribution in [2.24, 2.45) is 0 Å². The number of urea groups is 1. The van der Waals surface area contributed by atoms with Crippen LogP contribution in [-0.4, -0.2) is 32.8 Å². The van der Waals surface area contributed by atoms with Crippen molar-refractivity contribution in [2.75, 3.05) is 37.0 Å². The number of hydrogen-bond donors (Lipinski definition) is 2. The van der Waals surface area contributed by atoms with Gasteiger partial charge in [0.25, 0.3) is 0 Å². The molecule has 0 saturated carbocycles. The average Bonchev–Trinajstić information content (AvgIpc) is 2.62. The van der Waals surface area contributed by atoms with Crippen molar-refractivity contribution in [1.82, 2.24) is 5.32 Å². The van der Waals surface area contributed by atoms with Crippen molar-refractivity contribution in [3.63, 3.8) is 0 Å². The minimum Gasteiger partial charge on any atom is -0.495 e. The summed E-state index contributed by atoms with van der Waals surface area (Å²) in [6, 6.07) is 15.6. The van der Waals surface area contributed by atoms with Gasteiger partial charge in [-0.05, 0) is 36.6 Å². The molecule has 0 atom stereocenters. The van der Waals surface area contributed by atoms with Crippen molar-refractivity contribution < 1.29 is 9.53 Å². The van der Waals surface area contributed by atoms with Crippen LogP contribution in [0.15, 0.2) is 48.5 Å². The molecule has 1 aliphatic heterocycles. The van der Waals surface area contributed by atoms with Gasteiger partial charge in [-0.2, -0.15) is 0 Å². The number of anilines is 2. The van der Waals surface area contributed by atoms with Crippen LogP contribution in [-0.2, 0) is 6.42 Å². The molecule has 0 aliphatic carbocycles. The average molecular weight is 325 g/mol. The first-order valence-electron chi connectivity index (χ1n) is 8.28. The van der Waals surface area contributed by atoms with E-state index in [1.165, 1.54) is 11.3 Å². The molecule has 0 unspecified atom stereocenters. The first-order chi connectivity index (χ1) is 11.8. The minimum absolute atomic E-state index is 0.218. The molecule has 1 aliphatic rings. The van der Waals surface area contributed by atoms with Crippen LogP contribution in [0.4, 0.5) is 16.2 Å². The number of aryl methyl sites for hydroxylation is 1. The van der Waals surface area contributed by atoms with Gasteiger partial charge in [-0.1, -0.05) is 30.3 Å². The first kappa shape index (κ1) is 16.2. The molecule has 0 radical (unpaired) electrons. The monoisotopic (exact) mass is 325 g/mol. The van der Waals surface area contributed by atoms with Crippen LogP contribution < -0.4 is 20.3 Å². The number of ether oxygens (including phenoxy) is 1. The van der Waals surface area contributed by atoms with E-state index in [0.717, 1.165) is 25.9 Å². The third-order valence-corrected chi connectivity index (χ3v) is 4.23. The molecule has 2 aromatic rings. The van der Waals surface area contributed by atoms with Gasteiger partial charge in [0.15, 0.2) is 0 Å². The number of nitrogens with zero attached hydrogens (tertiary/aromatic N) is 1. The van der Waals surface area contributed by atoms with Crippen LogP contribution in [0.25, 0.3) is 0 Å². The summed E-state index contributed by atoms with van der Waals surface area (Å²) in [7, 11) is 1.59. The number of carbonyl (C=O) groups is 1. The Balaban J connectivity index is 1.51. The molecule has 126 valence electrons. The quantitative estimate of drug-likeness (QED) is 0.887. The molecule has 0 bridgehead atoms. The summed E-state index contributed by atoms with van der Waals surface area (Å²) in [5.74, 6) is 0.651. The van der Waals surface area contributed by atoms with E-state index in [0.29, 0.717) is 18.0 Å². The molecule has 2 amide bonds. The largest absolute Gasteiger partial charge is 0.495 e. The molecule has 2 aromatic carbocycles. The Morgan fingerprint density at radius 2 is 1.96 bits per heavy atom. The number of para-hydroxylation sites is 3. The van der Waals surface area contributed by atoms with E-state index in [4.69, 9.17) is 4.74 Å². The van der Waals surface area contributed by atoms with E-state index < -0.39 is 0 Å². The number of methoxy groups -OCH3 is 1. The van der Waals surface area contributed by atoms with Crippen LogP contribution >= 0.6 is 0 Å². The Hall–Kier alpha value is -2.69. The van der Waals surface area contributed by atoms with Gasteiger partial charge in [0.2, 0.25) is 0 Å². The molecule has 2 N–H and O–H groups in total. The predicted octanol–water partition coefficient (Wildman–Crippen LogP) is 3.27.